The van der Waals surface area contributed by atoms with Gasteiger partial charge in [-0.15, -0.1) is 12.4 Å². The smallest absolute Gasteiger partial charge is 0.331 e. The number of rotatable bonds is 3. The molecule has 116 valence electrons. The first kappa shape index (κ1) is 17.3. The second-order valence-corrected chi connectivity index (χ2v) is 5.31. The molecule has 0 aliphatic heterocycles. The van der Waals surface area contributed by atoms with Crippen molar-refractivity contribution in [3.05, 3.63) is 29.3 Å². The molecular weight excluding hydrogens is 292 g/mol. The number of methoxy groups -OCH3 is 1. The fraction of sp³-hybridized carbons (Fsp3) is 0.467. The number of carbonyl (C=O) groups is 2. The van der Waals surface area contributed by atoms with Gasteiger partial charge in [-0.2, -0.15) is 0 Å². The third-order valence-electron chi connectivity index (χ3n) is 3.89. The molecule has 1 aliphatic carbocycles. The number of hydrogen-bond acceptors (Lipinski definition) is 4. The summed E-state index contributed by atoms with van der Waals surface area (Å²) in [6.45, 7) is 1.84. The van der Waals surface area contributed by atoms with Crippen molar-refractivity contribution in [2.75, 3.05) is 12.8 Å². The Morgan fingerprint density at radius 3 is 2.48 bits per heavy atom. The Balaban J connectivity index is 0.00000220. The molecule has 0 aromatic heterocycles. The Kier molecular flexibility index (Phi) is 5.61. The molecule has 1 aromatic carbocycles. The molecule has 21 heavy (non-hydrogen) atoms. The van der Waals surface area contributed by atoms with Gasteiger partial charge in [-0.1, -0.05) is 18.9 Å². The lowest BCUT2D eigenvalue weighted by molar-refractivity contribution is -0.148. The van der Waals surface area contributed by atoms with E-state index in [0.29, 0.717) is 24.1 Å². The minimum absolute atomic E-state index is 0. The van der Waals surface area contributed by atoms with Gasteiger partial charge in [0.1, 0.15) is 5.54 Å². The highest BCUT2D eigenvalue weighted by molar-refractivity contribution is 6.00. The van der Waals surface area contributed by atoms with E-state index in [9.17, 15) is 9.59 Å². The van der Waals surface area contributed by atoms with Crippen molar-refractivity contribution in [2.45, 2.75) is 38.1 Å². The maximum absolute atomic E-state index is 12.4. The van der Waals surface area contributed by atoms with Crippen LogP contribution in [0.25, 0.3) is 0 Å². The number of hydrogen-bond donors (Lipinski definition) is 2. The van der Waals surface area contributed by atoms with E-state index in [1.165, 1.54) is 7.11 Å². The van der Waals surface area contributed by atoms with Gasteiger partial charge >= 0.3 is 5.97 Å². The van der Waals surface area contributed by atoms with Gasteiger partial charge in [-0.25, -0.2) is 4.79 Å². The average Bonchev–Trinajstić information content (AvgIpc) is 2.90. The van der Waals surface area contributed by atoms with E-state index < -0.39 is 5.54 Å². The fourth-order valence-electron chi connectivity index (χ4n) is 2.72. The summed E-state index contributed by atoms with van der Waals surface area (Å²) in [7, 11) is 1.35. The van der Waals surface area contributed by atoms with Crippen LogP contribution in [0.15, 0.2) is 18.2 Å². The number of halogens is 1. The van der Waals surface area contributed by atoms with Gasteiger partial charge in [0.05, 0.1) is 7.11 Å². The molecule has 0 atom stereocenters. The predicted octanol–water partition coefficient (Wildman–Crippen LogP) is 2.21. The van der Waals surface area contributed by atoms with Crippen molar-refractivity contribution in [1.29, 1.82) is 0 Å². The molecule has 2 rings (SSSR count). The van der Waals surface area contributed by atoms with Gasteiger partial charge in [0.15, 0.2) is 0 Å². The summed E-state index contributed by atoms with van der Waals surface area (Å²) in [6.07, 6.45) is 3.05. The first-order chi connectivity index (χ1) is 9.48. The first-order valence-electron chi connectivity index (χ1n) is 6.75. The molecule has 1 fully saturated rings. The summed E-state index contributed by atoms with van der Waals surface area (Å²) in [4.78, 5) is 24.4. The fourth-order valence-corrected chi connectivity index (χ4v) is 2.72. The molecule has 6 heteroatoms. The standard InChI is InChI=1S/C15H20N2O3.ClH/c1-10-5-6-11(16)9-12(10)13(18)17-15(14(19)20-2)7-3-4-8-15;/h5-6,9H,3-4,7-8,16H2,1-2H3,(H,17,18);1H. The second kappa shape index (κ2) is 6.80. The van der Waals surface area contributed by atoms with E-state index in [1.807, 2.05) is 6.92 Å². The van der Waals surface area contributed by atoms with E-state index in [2.05, 4.69) is 5.32 Å². The van der Waals surface area contributed by atoms with Crippen LogP contribution in [-0.4, -0.2) is 24.5 Å². The quantitative estimate of drug-likeness (QED) is 0.662. The summed E-state index contributed by atoms with van der Waals surface area (Å²) >= 11 is 0. The molecule has 0 spiro atoms. The minimum Gasteiger partial charge on any atom is -0.467 e. The normalized spacial score (nSPS) is 15.9. The van der Waals surface area contributed by atoms with E-state index in [0.717, 1.165) is 18.4 Å². The maximum Gasteiger partial charge on any atom is 0.331 e. The summed E-state index contributed by atoms with van der Waals surface area (Å²) in [5.74, 6) is -0.646. The zero-order valence-electron chi connectivity index (χ0n) is 12.3. The van der Waals surface area contributed by atoms with Crippen LogP contribution in [0.4, 0.5) is 5.69 Å². The number of amides is 1. The van der Waals surface area contributed by atoms with Gasteiger partial charge in [-0.05, 0) is 37.5 Å². The molecule has 1 aliphatic rings. The lowest BCUT2D eigenvalue weighted by Gasteiger charge is -2.27. The molecule has 1 aromatic rings. The minimum atomic E-state index is -0.886. The number of anilines is 1. The highest BCUT2D eigenvalue weighted by Gasteiger charge is 2.43. The highest BCUT2D eigenvalue weighted by atomic mass is 35.5. The Morgan fingerprint density at radius 1 is 1.29 bits per heavy atom. The average molecular weight is 313 g/mol. The molecule has 5 nitrogen and oxygen atoms in total. The third kappa shape index (κ3) is 3.47. The molecule has 0 heterocycles. The van der Waals surface area contributed by atoms with E-state index >= 15 is 0 Å². The number of nitrogens with two attached hydrogens (primary N) is 1. The number of esters is 1. The van der Waals surface area contributed by atoms with Crippen LogP contribution >= 0.6 is 12.4 Å². The third-order valence-corrected chi connectivity index (χ3v) is 3.89. The molecule has 0 bridgehead atoms. The van der Waals surface area contributed by atoms with Gasteiger partial charge < -0.3 is 15.8 Å². The SMILES string of the molecule is COC(=O)C1(NC(=O)c2cc(N)ccc2C)CCCC1.Cl. The van der Waals surface area contributed by atoms with Crippen molar-refractivity contribution in [1.82, 2.24) is 5.32 Å². The first-order valence-corrected chi connectivity index (χ1v) is 6.75. The van der Waals surface area contributed by atoms with Crippen LogP contribution < -0.4 is 11.1 Å². The van der Waals surface area contributed by atoms with E-state index in [4.69, 9.17) is 10.5 Å². The topological polar surface area (TPSA) is 81.4 Å². The monoisotopic (exact) mass is 312 g/mol. The zero-order chi connectivity index (χ0) is 14.8. The van der Waals surface area contributed by atoms with Gasteiger partial charge in [0, 0.05) is 11.3 Å². The molecule has 3 N–H and O–H groups in total. The largest absolute Gasteiger partial charge is 0.467 e. The highest BCUT2D eigenvalue weighted by Crippen LogP contribution is 2.31. The van der Waals surface area contributed by atoms with Crippen LogP contribution in [0, 0.1) is 6.92 Å². The van der Waals surface area contributed by atoms with Gasteiger partial charge in [-0.3, -0.25) is 4.79 Å². The molecule has 1 amide bonds. The molecule has 0 saturated heterocycles. The Bertz CT molecular complexity index is 540. The summed E-state index contributed by atoms with van der Waals surface area (Å²) in [5, 5.41) is 2.86. The predicted molar refractivity (Wildman–Crippen MR) is 83.5 cm³/mol. The van der Waals surface area contributed by atoms with E-state index in [1.54, 1.807) is 18.2 Å². The summed E-state index contributed by atoms with van der Waals surface area (Å²) in [6, 6.07) is 5.17. The van der Waals surface area contributed by atoms with Crippen molar-refractivity contribution in [3.63, 3.8) is 0 Å². The number of aryl methyl sites for hydroxylation is 1. The van der Waals surface area contributed by atoms with Crippen molar-refractivity contribution >= 4 is 30.0 Å². The van der Waals surface area contributed by atoms with Gasteiger partial charge in [0.2, 0.25) is 0 Å². The van der Waals surface area contributed by atoms with Crippen molar-refractivity contribution in [3.8, 4) is 0 Å². The van der Waals surface area contributed by atoms with Crippen LogP contribution in [0.2, 0.25) is 0 Å². The van der Waals surface area contributed by atoms with Crippen LogP contribution in [0.5, 0.6) is 0 Å². The van der Waals surface area contributed by atoms with Gasteiger partial charge in [0.25, 0.3) is 5.91 Å². The molecule has 1 saturated carbocycles. The van der Waals surface area contributed by atoms with Crippen LogP contribution in [-0.2, 0) is 9.53 Å². The zero-order valence-corrected chi connectivity index (χ0v) is 13.1. The Hall–Kier alpha value is -1.75. The van der Waals surface area contributed by atoms with E-state index in [-0.39, 0.29) is 24.3 Å². The molecule has 0 radical (unpaired) electrons. The number of benzene rings is 1. The Labute approximate surface area is 130 Å². The summed E-state index contributed by atoms with van der Waals surface area (Å²) in [5.41, 5.74) is 6.69. The van der Waals surface area contributed by atoms with Crippen molar-refractivity contribution in [2.24, 2.45) is 0 Å². The number of nitrogen functional groups attached to an aromatic ring is 1. The lowest BCUT2D eigenvalue weighted by atomic mass is 9.96. The van der Waals surface area contributed by atoms with Crippen LogP contribution in [0.3, 0.4) is 0 Å². The van der Waals surface area contributed by atoms with Crippen molar-refractivity contribution < 1.29 is 14.3 Å². The Morgan fingerprint density at radius 2 is 1.90 bits per heavy atom. The number of ether oxygens (including phenoxy) is 1. The van der Waals surface area contributed by atoms with Crippen LogP contribution in [0.1, 0.15) is 41.6 Å². The molecular formula is C15H21ClN2O3. The summed E-state index contributed by atoms with van der Waals surface area (Å²) < 4.78 is 4.85. The number of carbonyl (C=O) groups excluding carboxylic acids is 2. The molecule has 0 unspecified atom stereocenters. The number of nitrogens with one attached hydrogen (secondary N) is 1. The second-order valence-electron chi connectivity index (χ2n) is 5.31. The maximum atomic E-state index is 12.4. The lowest BCUT2D eigenvalue weighted by Crippen LogP contribution is -2.53.